The Morgan fingerprint density at radius 1 is 0.950 bits per heavy atom. The maximum absolute atomic E-state index is 4.47. The Morgan fingerprint density at radius 2 is 1.80 bits per heavy atom. The van der Waals surface area contributed by atoms with Crippen LogP contribution in [-0.2, 0) is 13.1 Å². The van der Waals surface area contributed by atoms with Crippen LogP contribution in [0, 0.1) is 6.92 Å². The van der Waals surface area contributed by atoms with Gasteiger partial charge in [0, 0.05) is 37.1 Å². The van der Waals surface area contributed by atoms with Crippen LogP contribution in [0.15, 0.2) is 55.0 Å². The zero-order valence-electron chi connectivity index (χ0n) is 11.5. The number of fused-ring (bicyclic) bond motifs is 1. The molecule has 0 saturated heterocycles. The maximum atomic E-state index is 4.47. The minimum atomic E-state index is 0.808. The van der Waals surface area contributed by atoms with Crippen LogP contribution >= 0.6 is 0 Å². The molecule has 20 heavy (non-hydrogen) atoms. The van der Waals surface area contributed by atoms with Crippen LogP contribution in [0.1, 0.15) is 16.7 Å². The molecular formula is C17H17N3. The Morgan fingerprint density at radius 3 is 2.70 bits per heavy atom. The van der Waals surface area contributed by atoms with Gasteiger partial charge in [-0.3, -0.25) is 9.97 Å². The zero-order valence-corrected chi connectivity index (χ0v) is 11.5. The molecule has 1 N–H and O–H groups in total. The van der Waals surface area contributed by atoms with E-state index in [0.717, 1.165) is 18.6 Å². The van der Waals surface area contributed by atoms with Gasteiger partial charge in [0.15, 0.2) is 0 Å². The second-order valence-corrected chi connectivity index (χ2v) is 4.90. The highest BCUT2D eigenvalue weighted by molar-refractivity contribution is 5.81. The lowest BCUT2D eigenvalue weighted by atomic mass is 10.1. The average Bonchev–Trinajstić information content (AvgIpc) is 2.49. The van der Waals surface area contributed by atoms with E-state index in [-0.39, 0.29) is 0 Å². The highest BCUT2D eigenvalue weighted by Gasteiger charge is 2.02. The number of hydrogen-bond donors (Lipinski definition) is 1. The minimum Gasteiger partial charge on any atom is -0.308 e. The first-order chi connectivity index (χ1) is 9.84. The van der Waals surface area contributed by atoms with Gasteiger partial charge in [-0.05, 0) is 35.7 Å². The number of aryl methyl sites for hydroxylation is 1. The first kappa shape index (κ1) is 12.8. The van der Waals surface area contributed by atoms with E-state index in [1.54, 1.807) is 0 Å². The lowest BCUT2D eigenvalue weighted by molar-refractivity contribution is 0.691. The van der Waals surface area contributed by atoms with Crippen molar-refractivity contribution in [1.82, 2.24) is 15.3 Å². The van der Waals surface area contributed by atoms with Crippen molar-refractivity contribution in [2.75, 3.05) is 0 Å². The molecule has 0 aliphatic rings. The molecule has 1 aromatic carbocycles. The summed E-state index contributed by atoms with van der Waals surface area (Å²) >= 11 is 0. The third-order valence-electron chi connectivity index (χ3n) is 3.49. The fraction of sp³-hybridized carbons (Fsp3) is 0.176. The molecule has 0 atom stereocenters. The van der Waals surface area contributed by atoms with Crippen LogP contribution in [0.2, 0.25) is 0 Å². The van der Waals surface area contributed by atoms with E-state index >= 15 is 0 Å². The number of para-hydroxylation sites is 1. The highest BCUT2D eigenvalue weighted by Crippen LogP contribution is 2.15. The van der Waals surface area contributed by atoms with Crippen molar-refractivity contribution in [3.8, 4) is 0 Å². The molecule has 0 saturated carbocycles. The van der Waals surface area contributed by atoms with Gasteiger partial charge in [0.1, 0.15) is 0 Å². The molecule has 0 fully saturated rings. The summed E-state index contributed by atoms with van der Waals surface area (Å²) in [4.78, 5) is 8.64. The van der Waals surface area contributed by atoms with Crippen LogP contribution in [-0.4, -0.2) is 9.97 Å². The number of aromatic nitrogens is 2. The Bertz CT molecular complexity index is 717. The summed E-state index contributed by atoms with van der Waals surface area (Å²) in [6, 6.07) is 12.4. The first-order valence-electron chi connectivity index (χ1n) is 6.77. The molecule has 2 heterocycles. The van der Waals surface area contributed by atoms with E-state index < -0.39 is 0 Å². The molecule has 0 aliphatic carbocycles. The Kier molecular flexibility index (Phi) is 3.70. The fourth-order valence-electron chi connectivity index (χ4n) is 2.32. The van der Waals surface area contributed by atoms with E-state index in [4.69, 9.17) is 0 Å². The predicted molar refractivity (Wildman–Crippen MR) is 81.3 cm³/mol. The molecule has 0 radical (unpaired) electrons. The van der Waals surface area contributed by atoms with Crippen LogP contribution in [0.25, 0.3) is 10.9 Å². The molecule has 3 nitrogen and oxygen atoms in total. The van der Waals surface area contributed by atoms with Crippen molar-refractivity contribution < 1.29 is 0 Å². The molecule has 3 heteroatoms. The number of benzene rings is 1. The summed E-state index contributed by atoms with van der Waals surface area (Å²) in [6.45, 7) is 3.74. The molecule has 2 aromatic heterocycles. The Labute approximate surface area is 118 Å². The van der Waals surface area contributed by atoms with E-state index in [9.17, 15) is 0 Å². The first-order valence-corrected chi connectivity index (χ1v) is 6.77. The maximum Gasteiger partial charge on any atom is 0.0746 e. The van der Waals surface area contributed by atoms with Gasteiger partial charge in [-0.25, -0.2) is 0 Å². The molecule has 100 valence electrons. The van der Waals surface area contributed by atoms with Gasteiger partial charge in [-0.15, -0.1) is 0 Å². The normalized spacial score (nSPS) is 10.8. The van der Waals surface area contributed by atoms with E-state index in [1.165, 1.54) is 22.1 Å². The van der Waals surface area contributed by atoms with E-state index in [2.05, 4.69) is 46.5 Å². The summed E-state index contributed by atoms with van der Waals surface area (Å²) in [6.07, 6.45) is 5.59. The summed E-state index contributed by atoms with van der Waals surface area (Å²) in [5.41, 5.74) is 4.80. The second-order valence-electron chi connectivity index (χ2n) is 4.90. The molecule has 0 spiro atoms. The van der Waals surface area contributed by atoms with Gasteiger partial charge in [0.25, 0.3) is 0 Å². The highest BCUT2D eigenvalue weighted by atomic mass is 14.9. The van der Waals surface area contributed by atoms with Crippen molar-refractivity contribution in [3.63, 3.8) is 0 Å². The van der Waals surface area contributed by atoms with Crippen LogP contribution in [0.4, 0.5) is 0 Å². The number of pyridine rings is 2. The quantitative estimate of drug-likeness (QED) is 0.785. The largest absolute Gasteiger partial charge is 0.308 e. The molecule has 0 unspecified atom stereocenters. The number of hydrogen-bond acceptors (Lipinski definition) is 3. The number of nitrogens with one attached hydrogen (secondary N) is 1. The van der Waals surface area contributed by atoms with Gasteiger partial charge in [0.05, 0.1) is 5.52 Å². The van der Waals surface area contributed by atoms with Crippen molar-refractivity contribution >= 4 is 10.9 Å². The molecule has 3 rings (SSSR count). The van der Waals surface area contributed by atoms with Crippen molar-refractivity contribution in [2.24, 2.45) is 0 Å². The Balaban J connectivity index is 1.73. The zero-order chi connectivity index (χ0) is 13.8. The van der Waals surface area contributed by atoms with Gasteiger partial charge in [-0.2, -0.15) is 0 Å². The van der Waals surface area contributed by atoms with Gasteiger partial charge in [-0.1, -0.05) is 24.3 Å². The number of rotatable bonds is 4. The monoisotopic (exact) mass is 263 g/mol. The summed E-state index contributed by atoms with van der Waals surface area (Å²) < 4.78 is 0. The van der Waals surface area contributed by atoms with E-state index in [1.807, 2.05) is 30.7 Å². The smallest absolute Gasteiger partial charge is 0.0746 e. The lowest BCUT2D eigenvalue weighted by Gasteiger charge is -2.09. The van der Waals surface area contributed by atoms with Crippen LogP contribution < -0.4 is 5.32 Å². The summed E-state index contributed by atoms with van der Waals surface area (Å²) in [7, 11) is 0. The molecule has 3 aromatic rings. The topological polar surface area (TPSA) is 37.8 Å². The third-order valence-corrected chi connectivity index (χ3v) is 3.49. The van der Waals surface area contributed by atoms with Crippen molar-refractivity contribution in [1.29, 1.82) is 0 Å². The van der Waals surface area contributed by atoms with Gasteiger partial charge >= 0.3 is 0 Å². The Hall–Kier alpha value is -2.26. The van der Waals surface area contributed by atoms with Gasteiger partial charge in [0.2, 0.25) is 0 Å². The molecule has 0 aliphatic heterocycles. The fourth-order valence-corrected chi connectivity index (χ4v) is 2.32. The molecule has 0 amide bonds. The third kappa shape index (κ3) is 2.68. The molecule has 0 bridgehead atoms. The number of nitrogens with zero attached hydrogens (tertiary/aromatic N) is 2. The van der Waals surface area contributed by atoms with Gasteiger partial charge < -0.3 is 5.32 Å². The SMILES string of the molecule is Cc1ccncc1CNCc1cccc2cccnc12. The van der Waals surface area contributed by atoms with Crippen LogP contribution in [0.5, 0.6) is 0 Å². The van der Waals surface area contributed by atoms with Crippen LogP contribution in [0.3, 0.4) is 0 Å². The standard InChI is InChI=1S/C17H17N3/c1-13-7-9-18-11-16(13)12-19-10-15-5-2-4-14-6-3-8-20-17(14)15/h2-9,11,19H,10,12H2,1H3. The predicted octanol–water partition coefficient (Wildman–Crippen LogP) is 3.23. The summed E-state index contributed by atoms with van der Waals surface area (Å²) in [5, 5.41) is 4.66. The van der Waals surface area contributed by atoms with Crippen molar-refractivity contribution in [3.05, 3.63) is 71.7 Å². The minimum absolute atomic E-state index is 0.808. The average molecular weight is 263 g/mol. The van der Waals surface area contributed by atoms with E-state index in [0.29, 0.717) is 0 Å². The lowest BCUT2D eigenvalue weighted by Crippen LogP contribution is -2.14. The van der Waals surface area contributed by atoms with Crippen molar-refractivity contribution in [2.45, 2.75) is 20.0 Å². The summed E-state index contributed by atoms with van der Waals surface area (Å²) in [5.74, 6) is 0. The second kappa shape index (κ2) is 5.80. The molecular weight excluding hydrogens is 246 g/mol.